The maximum Gasteiger partial charge on any atom is 0.333 e. The Morgan fingerprint density at radius 3 is 2.46 bits per heavy atom. The highest BCUT2D eigenvalue weighted by atomic mass is 16.7. The van der Waals surface area contributed by atoms with Crippen LogP contribution in [0.4, 0.5) is 0 Å². The van der Waals surface area contributed by atoms with Crippen molar-refractivity contribution in [3.63, 3.8) is 0 Å². The Hall–Kier alpha value is -1.36. The van der Waals surface area contributed by atoms with Gasteiger partial charge in [-0.15, -0.1) is 0 Å². The van der Waals surface area contributed by atoms with Crippen LogP contribution in [0.1, 0.15) is 13.8 Å². The van der Waals surface area contributed by atoms with Gasteiger partial charge in [-0.05, 0) is 13.8 Å². The summed E-state index contributed by atoms with van der Waals surface area (Å²) >= 11 is 0. The predicted octanol–water partition coefficient (Wildman–Crippen LogP) is 0.159. The van der Waals surface area contributed by atoms with Gasteiger partial charge in [0.25, 0.3) is 0 Å². The van der Waals surface area contributed by atoms with Gasteiger partial charge in [0.1, 0.15) is 6.61 Å². The van der Waals surface area contributed by atoms with Crippen LogP contribution >= 0.6 is 0 Å². The molecule has 0 rings (SSSR count). The number of ether oxygens (including phenoxy) is 1. The molecule has 0 aliphatic heterocycles. The molecule has 0 spiro atoms. The molecule has 0 radical (unpaired) electrons. The Balaban J connectivity index is 3.83. The third-order valence-electron chi connectivity index (χ3n) is 1.33. The monoisotopic (exact) mass is 187 g/mol. The van der Waals surface area contributed by atoms with E-state index in [2.05, 4.69) is 17.3 Å². The van der Waals surface area contributed by atoms with Crippen molar-refractivity contribution in [1.29, 1.82) is 0 Å². The third-order valence-corrected chi connectivity index (χ3v) is 1.33. The van der Waals surface area contributed by atoms with E-state index in [0.29, 0.717) is 0 Å². The van der Waals surface area contributed by atoms with E-state index >= 15 is 0 Å². The fraction of sp³-hybridized carbons (Fsp3) is 0.500. The Morgan fingerprint density at radius 1 is 1.54 bits per heavy atom. The van der Waals surface area contributed by atoms with Gasteiger partial charge in [-0.1, -0.05) is 6.58 Å². The molecular formula is C8H13NO4. The van der Waals surface area contributed by atoms with Gasteiger partial charge < -0.3 is 9.57 Å². The molecule has 13 heavy (non-hydrogen) atoms. The Morgan fingerprint density at radius 2 is 2.08 bits per heavy atom. The minimum Gasteiger partial charge on any atom is -0.461 e. The molecule has 0 saturated carbocycles. The molecule has 5 heteroatoms. The minimum absolute atomic E-state index is 0.0538. The standard InChI is InChI=1S/C8H13NO4/c1-5(2)7(10)12-4-6(3)8(11)13-9/h6H,1,4,9H2,2-3H3. The zero-order chi connectivity index (χ0) is 10.4. The second kappa shape index (κ2) is 5.31. The zero-order valence-electron chi connectivity index (χ0n) is 7.70. The smallest absolute Gasteiger partial charge is 0.333 e. The number of carbonyl (C=O) groups excluding carboxylic acids is 2. The van der Waals surface area contributed by atoms with Crippen molar-refractivity contribution in [2.75, 3.05) is 6.61 Å². The summed E-state index contributed by atoms with van der Waals surface area (Å²) in [5.74, 6) is 2.92. The molecule has 0 fully saturated rings. The molecule has 74 valence electrons. The van der Waals surface area contributed by atoms with Gasteiger partial charge in [-0.3, -0.25) is 0 Å². The number of rotatable bonds is 4. The van der Waals surface area contributed by atoms with Gasteiger partial charge in [0, 0.05) is 5.57 Å². The quantitative estimate of drug-likeness (QED) is 0.385. The second-order valence-electron chi connectivity index (χ2n) is 2.72. The number of esters is 1. The average molecular weight is 187 g/mol. The molecule has 0 aliphatic carbocycles. The molecule has 1 atom stereocenters. The lowest BCUT2D eigenvalue weighted by molar-refractivity contribution is -0.153. The van der Waals surface area contributed by atoms with Crippen molar-refractivity contribution in [2.24, 2.45) is 11.8 Å². The van der Waals surface area contributed by atoms with Crippen LogP contribution in [0.2, 0.25) is 0 Å². The van der Waals surface area contributed by atoms with E-state index in [9.17, 15) is 9.59 Å². The highest BCUT2D eigenvalue weighted by Gasteiger charge is 2.16. The molecule has 1 unspecified atom stereocenters. The second-order valence-corrected chi connectivity index (χ2v) is 2.72. The Bertz CT molecular complexity index is 224. The van der Waals surface area contributed by atoms with Crippen molar-refractivity contribution in [3.8, 4) is 0 Å². The first-order valence-corrected chi connectivity index (χ1v) is 3.72. The normalized spacial score (nSPS) is 11.6. The van der Waals surface area contributed by atoms with Crippen molar-refractivity contribution in [3.05, 3.63) is 12.2 Å². The van der Waals surface area contributed by atoms with Crippen molar-refractivity contribution >= 4 is 11.9 Å². The molecule has 0 bridgehead atoms. The molecule has 0 saturated heterocycles. The van der Waals surface area contributed by atoms with Gasteiger partial charge in [0.2, 0.25) is 0 Å². The van der Waals surface area contributed by atoms with Crippen LogP contribution < -0.4 is 5.90 Å². The van der Waals surface area contributed by atoms with E-state index in [4.69, 9.17) is 4.74 Å². The van der Waals surface area contributed by atoms with Gasteiger partial charge in [0.05, 0.1) is 5.92 Å². The molecule has 0 amide bonds. The summed E-state index contributed by atoms with van der Waals surface area (Å²) in [4.78, 5) is 25.5. The molecule has 0 aromatic heterocycles. The van der Waals surface area contributed by atoms with Gasteiger partial charge in [-0.25, -0.2) is 9.59 Å². The van der Waals surface area contributed by atoms with Crippen molar-refractivity contribution < 1.29 is 19.2 Å². The van der Waals surface area contributed by atoms with Crippen LogP contribution in [-0.2, 0) is 19.2 Å². The summed E-state index contributed by atoms with van der Waals surface area (Å²) in [6.07, 6.45) is 0. The molecular weight excluding hydrogens is 174 g/mol. The summed E-state index contributed by atoms with van der Waals surface area (Å²) in [6.45, 7) is 6.39. The summed E-state index contributed by atoms with van der Waals surface area (Å²) in [5.41, 5.74) is 0.285. The van der Waals surface area contributed by atoms with Crippen LogP contribution in [-0.4, -0.2) is 18.5 Å². The van der Waals surface area contributed by atoms with Crippen LogP contribution in [0.15, 0.2) is 12.2 Å². The maximum absolute atomic E-state index is 10.9. The molecule has 0 aliphatic rings. The summed E-state index contributed by atoms with van der Waals surface area (Å²) in [6, 6.07) is 0. The minimum atomic E-state index is -0.616. The maximum atomic E-state index is 10.9. The number of nitrogens with two attached hydrogens (primary N) is 1. The van der Waals surface area contributed by atoms with Crippen LogP contribution in [0.5, 0.6) is 0 Å². The van der Waals surface area contributed by atoms with Crippen LogP contribution in [0.25, 0.3) is 0 Å². The number of hydrogen-bond donors (Lipinski definition) is 1. The number of hydrogen-bond acceptors (Lipinski definition) is 5. The summed E-state index contributed by atoms with van der Waals surface area (Å²) < 4.78 is 4.69. The van der Waals surface area contributed by atoms with Gasteiger partial charge in [-0.2, -0.15) is 5.90 Å². The van der Waals surface area contributed by atoms with Crippen molar-refractivity contribution in [1.82, 2.24) is 0 Å². The largest absolute Gasteiger partial charge is 0.461 e. The lowest BCUT2D eigenvalue weighted by atomic mass is 10.2. The lowest BCUT2D eigenvalue weighted by Gasteiger charge is -2.08. The third kappa shape index (κ3) is 4.27. The summed E-state index contributed by atoms with van der Waals surface area (Å²) in [7, 11) is 0. The van der Waals surface area contributed by atoms with Crippen LogP contribution in [0, 0.1) is 5.92 Å². The molecule has 5 nitrogen and oxygen atoms in total. The fourth-order valence-electron chi connectivity index (χ4n) is 0.508. The fourth-order valence-corrected chi connectivity index (χ4v) is 0.508. The summed E-state index contributed by atoms with van der Waals surface area (Å²) in [5, 5.41) is 0. The van der Waals surface area contributed by atoms with Gasteiger partial charge >= 0.3 is 11.9 Å². The Kier molecular flexibility index (Phi) is 4.76. The predicted molar refractivity (Wildman–Crippen MR) is 45.2 cm³/mol. The van der Waals surface area contributed by atoms with E-state index < -0.39 is 17.9 Å². The van der Waals surface area contributed by atoms with E-state index in [-0.39, 0.29) is 12.2 Å². The highest BCUT2D eigenvalue weighted by molar-refractivity contribution is 5.87. The molecule has 0 aromatic rings. The van der Waals surface area contributed by atoms with Crippen LogP contribution in [0.3, 0.4) is 0 Å². The SMILES string of the molecule is C=C(C)C(=O)OCC(C)C(=O)ON. The molecule has 0 aromatic carbocycles. The first-order valence-electron chi connectivity index (χ1n) is 3.72. The molecule has 0 heterocycles. The van der Waals surface area contributed by atoms with E-state index in [0.717, 1.165) is 0 Å². The van der Waals surface area contributed by atoms with Crippen molar-refractivity contribution in [2.45, 2.75) is 13.8 Å². The highest BCUT2D eigenvalue weighted by Crippen LogP contribution is 2.00. The topological polar surface area (TPSA) is 78.6 Å². The van der Waals surface area contributed by atoms with Gasteiger partial charge in [0.15, 0.2) is 0 Å². The van der Waals surface area contributed by atoms with E-state index in [1.165, 1.54) is 6.92 Å². The molecule has 2 N–H and O–H groups in total. The van der Waals surface area contributed by atoms with E-state index in [1.54, 1.807) is 6.92 Å². The number of carbonyl (C=O) groups is 2. The average Bonchev–Trinajstić information content (AvgIpc) is 2.11. The first kappa shape index (κ1) is 11.6. The Labute approximate surface area is 76.4 Å². The van der Waals surface area contributed by atoms with E-state index in [1.807, 2.05) is 0 Å². The first-order chi connectivity index (χ1) is 5.99. The zero-order valence-corrected chi connectivity index (χ0v) is 7.70. The lowest BCUT2D eigenvalue weighted by Crippen LogP contribution is -2.24.